The van der Waals surface area contributed by atoms with Gasteiger partial charge in [-0.3, -0.25) is 4.79 Å². The number of amides is 1. The van der Waals surface area contributed by atoms with Crippen molar-refractivity contribution < 1.29 is 4.79 Å². The molecule has 0 unspecified atom stereocenters. The normalized spacial score (nSPS) is 14.9. The highest BCUT2D eigenvalue weighted by Crippen LogP contribution is 2.45. The summed E-state index contributed by atoms with van der Waals surface area (Å²) in [5.74, 6) is 2.51. The van der Waals surface area contributed by atoms with Gasteiger partial charge in [0.05, 0.1) is 4.58 Å². The first-order valence-corrected chi connectivity index (χ1v) is 9.88. The molecular weight excluding hydrogens is 322 g/mol. The summed E-state index contributed by atoms with van der Waals surface area (Å²) < 4.78 is 0.531. The number of carbonyl (C=O) groups excluding carboxylic acids is 1. The maximum absolute atomic E-state index is 12.6. The van der Waals surface area contributed by atoms with E-state index in [0.29, 0.717) is 11.1 Å². The van der Waals surface area contributed by atoms with Gasteiger partial charge in [-0.05, 0) is 35.7 Å². The molecule has 0 radical (unpaired) electrons. The number of thioether (sulfide) groups is 2. The summed E-state index contributed by atoms with van der Waals surface area (Å²) in [6, 6.07) is 16.3. The smallest absolute Gasteiger partial charge is 0.253 e. The second-order valence-corrected chi connectivity index (χ2v) is 8.51. The van der Waals surface area contributed by atoms with Crippen LogP contribution < -0.4 is 0 Å². The van der Waals surface area contributed by atoms with Crippen molar-refractivity contribution in [3.8, 4) is 0 Å². The molecule has 0 aromatic heterocycles. The van der Waals surface area contributed by atoms with Crippen LogP contribution in [0.1, 0.15) is 31.6 Å². The van der Waals surface area contributed by atoms with Crippen molar-refractivity contribution in [2.45, 2.75) is 18.1 Å². The van der Waals surface area contributed by atoms with Crippen LogP contribution in [0.5, 0.6) is 0 Å². The van der Waals surface area contributed by atoms with Crippen LogP contribution in [0.3, 0.4) is 0 Å². The Morgan fingerprint density at radius 2 is 1.74 bits per heavy atom. The Hall–Kier alpha value is -1.39. The van der Waals surface area contributed by atoms with Gasteiger partial charge in [0.2, 0.25) is 0 Å². The molecule has 1 aliphatic heterocycles. The summed E-state index contributed by atoms with van der Waals surface area (Å²) >= 11 is 3.97. The number of carbonyl (C=O) groups is 1. The van der Waals surface area contributed by atoms with E-state index < -0.39 is 0 Å². The van der Waals surface area contributed by atoms with E-state index in [1.807, 2.05) is 54.8 Å². The first-order valence-electron chi connectivity index (χ1n) is 7.78. The molecule has 1 amide bonds. The molecule has 2 aromatic rings. The van der Waals surface area contributed by atoms with E-state index in [9.17, 15) is 4.79 Å². The molecule has 0 N–H and O–H groups in total. The number of nitrogens with zero attached hydrogens (tertiary/aromatic N) is 1. The van der Waals surface area contributed by atoms with E-state index in [1.54, 1.807) is 4.90 Å². The molecule has 120 valence electrons. The average Bonchev–Trinajstić information content (AvgIpc) is 3.11. The highest BCUT2D eigenvalue weighted by atomic mass is 32.2. The predicted octanol–water partition coefficient (Wildman–Crippen LogP) is 4.75. The second kappa shape index (κ2) is 7.45. The molecule has 4 heteroatoms. The minimum Gasteiger partial charge on any atom is -0.337 e. The van der Waals surface area contributed by atoms with E-state index in [-0.39, 0.29) is 5.91 Å². The fourth-order valence-corrected chi connectivity index (χ4v) is 5.53. The van der Waals surface area contributed by atoms with Gasteiger partial charge < -0.3 is 4.90 Å². The van der Waals surface area contributed by atoms with Crippen LogP contribution in [0, 0.1) is 6.92 Å². The number of hydrogen-bond acceptors (Lipinski definition) is 3. The third-order valence-corrected chi connectivity index (χ3v) is 7.17. The Morgan fingerprint density at radius 1 is 1.09 bits per heavy atom. The summed E-state index contributed by atoms with van der Waals surface area (Å²) in [4.78, 5) is 14.4. The Bertz CT molecular complexity index is 678. The molecule has 3 rings (SSSR count). The van der Waals surface area contributed by atoms with Crippen molar-refractivity contribution in [1.82, 2.24) is 4.90 Å². The standard InChI is InChI=1S/C19H21NOS2/c1-14-5-3-4-6-17(14)13-20(2)18(21)15-7-9-16(10-8-15)19-22-11-12-23-19/h3-10,19H,11-13H2,1-2H3. The molecule has 0 spiro atoms. The molecule has 0 bridgehead atoms. The van der Waals surface area contributed by atoms with Crippen LogP contribution in [-0.4, -0.2) is 29.4 Å². The number of aryl methyl sites for hydroxylation is 1. The van der Waals surface area contributed by atoms with Crippen molar-refractivity contribution in [2.75, 3.05) is 18.6 Å². The molecule has 1 saturated heterocycles. The molecule has 1 fully saturated rings. The lowest BCUT2D eigenvalue weighted by molar-refractivity contribution is 0.0785. The summed E-state index contributed by atoms with van der Waals surface area (Å²) in [6.07, 6.45) is 0. The fraction of sp³-hybridized carbons (Fsp3) is 0.316. The molecule has 23 heavy (non-hydrogen) atoms. The Balaban J connectivity index is 1.68. The second-order valence-electron chi connectivity index (χ2n) is 5.78. The van der Waals surface area contributed by atoms with Crippen molar-refractivity contribution in [3.63, 3.8) is 0 Å². The van der Waals surface area contributed by atoms with Gasteiger partial charge in [0.25, 0.3) is 5.91 Å². The van der Waals surface area contributed by atoms with Gasteiger partial charge in [-0.2, -0.15) is 0 Å². The summed E-state index contributed by atoms with van der Waals surface area (Å²) in [5, 5.41) is 0. The van der Waals surface area contributed by atoms with Crippen molar-refractivity contribution in [1.29, 1.82) is 0 Å². The molecule has 2 nitrogen and oxygen atoms in total. The predicted molar refractivity (Wildman–Crippen MR) is 101 cm³/mol. The van der Waals surface area contributed by atoms with Gasteiger partial charge in [-0.25, -0.2) is 0 Å². The number of hydrogen-bond donors (Lipinski definition) is 0. The van der Waals surface area contributed by atoms with Crippen LogP contribution in [0.4, 0.5) is 0 Å². The zero-order chi connectivity index (χ0) is 16.2. The summed E-state index contributed by atoms with van der Waals surface area (Å²) in [5.41, 5.74) is 4.49. The third-order valence-electron chi connectivity index (χ3n) is 4.07. The van der Waals surface area contributed by atoms with E-state index in [4.69, 9.17) is 0 Å². The quantitative estimate of drug-likeness (QED) is 0.799. The minimum atomic E-state index is 0.0755. The van der Waals surface area contributed by atoms with E-state index in [2.05, 4.69) is 31.2 Å². The lowest BCUT2D eigenvalue weighted by Gasteiger charge is -2.19. The number of rotatable bonds is 4. The molecule has 1 heterocycles. The highest BCUT2D eigenvalue weighted by Gasteiger charge is 2.19. The van der Waals surface area contributed by atoms with E-state index in [0.717, 1.165) is 5.56 Å². The van der Waals surface area contributed by atoms with Crippen LogP contribution in [0.2, 0.25) is 0 Å². The topological polar surface area (TPSA) is 20.3 Å². The van der Waals surface area contributed by atoms with Crippen molar-refractivity contribution in [3.05, 3.63) is 70.8 Å². The van der Waals surface area contributed by atoms with Gasteiger partial charge in [-0.15, -0.1) is 23.5 Å². The van der Waals surface area contributed by atoms with Crippen LogP contribution >= 0.6 is 23.5 Å². The van der Waals surface area contributed by atoms with E-state index in [1.165, 1.54) is 28.2 Å². The maximum Gasteiger partial charge on any atom is 0.253 e. The van der Waals surface area contributed by atoms with Crippen molar-refractivity contribution in [2.24, 2.45) is 0 Å². The third kappa shape index (κ3) is 3.93. The zero-order valence-electron chi connectivity index (χ0n) is 13.5. The van der Waals surface area contributed by atoms with Crippen LogP contribution in [0.25, 0.3) is 0 Å². The molecule has 2 aromatic carbocycles. The molecule has 0 saturated carbocycles. The molecule has 1 aliphatic rings. The van der Waals surface area contributed by atoms with Gasteiger partial charge in [0.1, 0.15) is 0 Å². The van der Waals surface area contributed by atoms with Gasteiger partial charge in [-0.1, -0.05) is 36.4 Å². The molecular formula is C19H21NOS2. The zero-order valence-corrected chi connectivity index (χ0v) is 15.1. The number of benzene rings is 2. The lowest BCUT2D eigenvalue weighted by Crippen LogP contribution is -2.26. The van der Waals surface area contributed by atoms with Crippen LogP contribution in [0.15, 0.2) is 48.5 Å². The monoisotopic (exact) mass is 343 g/mol. The van der Waals surface area contributed by atoms with Gasteiger partial charge in [0, 0.05) is 30.7 Å². The van der Waals surface area contributed by atoms with Crippen LogP contribution in [-0.2, 0) is 6.54 Å². The largest absolute Gasteiger partial charge is 0.337 e. The Morgan fingerprint density at radius 3 is 2.39 bits per heavy atom. The fourth-order valence-electron chi connectivity index (χ4n) is 2.67. The van der Waals surface area contributed by atoms with Gasteiger partial charge >= 0.3 is 0 Å². The minimum absolute atomic E-state index is 0.0755. The Kier molecular flexibility index (Phi) is 5.34. The van der Waals surface area contributed by atoms with Crippen molar-refractivity contribution >= 4 is 29.4 Å². The first kappa shape index (κ1) is 16.5. The lowest BCUT2D eigenvalue weighted by atomic mass is 10.1. The summed E-state index contributed by atoms with van der Waals surface area (Å²) in [7, 11) is 1.87. The maximum atomic E-state index is 12.6. The van der Waals surface area contributed by atoms with Gasteiger partial charge in [0.15, 0.2) is 0 Å². The Labute approximate surface area is 146 Å². The first-order chi connectivity index (χ1) is 11.1. The average molecular weight is 344 g/mol. The highest BCUT2D eigenvalue weighted by molar-refractivity contribution is 8.19. The summed E-state index contributed by atoms with van der Waals surface area (Å²) in [6.45, 7) is 2.72. The van der Waals surface area contributed by atoms with E-state index >= 15 is 0 Å². The molecule has 0 aliphatic carbocycles. The molecule has 0 atom stereocenters. The SMILES string of the molecule is Cc1ccccc1CN(C)C(=O)c1ccc(C2SCCS2)cc1.